The number of carbonyl (C=O) groups excluding carboxylic acids is 3. The normalized spacial score (nSPS) is 17.1. The van der Waals surface area contributed by atoms with Gasteiger partial charge < -0.3 is 74.9 Å². The van der Waals surface area contributed by atoms with Crippen molar-refractivity contribution in [2.45, 2.75) is 144 Å². The number of nitrogens with zero attached hydrogens (tertiary/aromatic N) is 19. The van der Waals surface area contributed by atoms with Crippen LogP contribution in [0, 0.1) is 75.6 Å². The predicted octanol–water partition coefficient (Wildman–Crippen LogP) is 9.44. The number of methoxy groups -OCH3 is 4. The Morgan fingerprint density at radius 2 is 0.915 bits per heavy atom. The number of aliphatic hydroxyl groups is 1. The summed E-state index contributed by atoms with van der Waals surface area (Å²) < 4.78 is 105. The smallest absolute Gasteiger partial charge is 0.495 e. The summed E-state index contributed by atoms with van der Waals surface area (Å²) in [6.07, 6.45) is 23.4. The van der Waals surface area contributed by atoms with Crippen molar-refractivity contribution in [1.29, 1.82) is 0 Å². The van der Waals surface area contributed by atoms with E-state index in [2.05, 4.69) is 123 Å². The second-order valence-corrected chi connectivity index (χ2v) is 34.4. The standard InChI is InChI=1S/C20H22N6O4.C20H21N3O4.C18H20N6O3.C15H16BF3N3O2.C5H6O2.C4H8O.C3H9N3Si.CH4.K/c1-4-29-20(27)18-17(24-26-25-18)15-9-21-11(2)23-19(15)30-10-12-7-14(12)16-6-5-13(28-3)8-22-16;1-4-26-19(24)8-5-14-10-21-13(2)23-20(14)27-12-15-9-17(15)18-7-6-16(25-3)11-22-18;1-10-19-7-14(17-16(8-25)22-24-23-17)18(21-10)27-9-11-5-13(11)15-4-3-12(26-2)6-20-15;1-9-20-7-13(16(17,18)19)15(22-9)24-8-10-5-12(10)14-4-3-11(23-2)6-21-14;1-3-5(6)7-4-2;1-2-4-5-3-1;1-7(2,3)6-5-4;;/h5-6,8-9,12,14H,4,7,10H2,1-3H3,(H,24,25,26);6-7,10-11,15,17H,4,9,12H2,1-3H3;3-4,6-7,11,13,25H,5,8-9H2,1-2H3,(H,22,23,24);3-4,6-7,10,12H,5,8H2,1-2H3;1H,4H2,2H3;1-4H2;1-3H3;1H4;/q;;;-1;;;;;+1/t12-,14+;15-,17+;11-,13+;10-,12+;;;;;/m1111...../s1. The summed E-state index contributed by atoms with van der Waals surface area (Å²) in [6.45, 7) is 17.1. The van der Waals surface area contributed by atoms with Gasteiger partial charge in [0.25, 0.3) is 0 Å². The molecule has 5 aliphatic rings. The van der Waals surface area contributed by atoms with Gasteiger partial charge in [0.15, 0.2) is 11.6 Å². The summed E-state index contributed by atoms with van der Waals surface area (Å²) in [4.78, 5) is 86.9. The quantitative estimate of drug-likeness (QED) is 0.00574. The van der Waals surface area contributed by atoms with Crippen molar-refractivity contribution < 1.29 is 141 Å². The molecule has 0 aromatic carbocycles. The number of ether oxygens (including phenoxy) is 12. The molecular weight excluding hydrogens is 1720 g/mol. The van der Waals surface area contributed by atoms with E-state index in [4.69, 9.17) is 57.6 Å². The summed E-state index contributed by atoms with van der Waals surface area (Å²) in [5.74, 6) is 13.4. The number of nitrogens with one attached hydrogen (secondary N) is 2. The van der Waals surface area contributed by atoms with Crippen LogP contribution in [0.15, 0.2) is 103 Å². The third kappa shape index (κ3) is 33.3. The van der Waals surface area contributed by atoms with Crippen molar-refractivity contribution in [3.05, 3.63) is 172 Å². The molecule has 37 nitrogen and oxygen atoms in total. The van der Waals surface area contributed by atoms with Crippen LogP contribution in [0.2, 0.25) is 19.6 Å². The minimum Gasteiger partial charge on any atom is -0.495 e. The number of aromatic amines is 2. The molecule has 3 N–H and O–H groups in total. The maximum atomic E-state index is 13.0. The molecule has 8 atom stereocenters. The van der Waals surface area contributed by atoms with E-state index in [0.717, 1.165) is 85.1 Å². The van der Waals surface area contributed by atoms with Crippen LogP contribution in [0.25, 0.3) is 33.0 Å². The Kier molecular flexibility index (Phi) is 41.9. The minimum atomic E-state index is -5.21. The van der Waals surface area contributed by atoms with Crippen LogP contribution in [0.4, 0.5) is 12.9 Å². The zero-order valence-electron chi connectivity index (χ0n) is 74.0. The molecule has 680 valence electrons. The van der Waals surface area contributed by atoms with Gasteiger partial charge in [0.2, 0.25) is 17.6 Å². The molecule has 10 aromatic rings. The number of pyridine rings is 4. The Morgan fingerprint density at radius 1 is 0.535 bits per heavy atom. The average Bonchev–Trinajstić information content (AvgIpc) is 1.48. The van der Waals surface area contributed by atoms with E-state index in [1.165, 1.54) is 19.8 Å². The van der Waals surface area contributed by atoms with E-state index in [1.807, 2.05) is 68.2 Å². The van der Waals surface area contributed by atoms with Gasteiger partial charge in [-0.15, -0.1) is 16.3 Å². The first kappa shape index (κ1) is 104. The first-order valence-corrected chi connectivity index (χ1v) is 44.2. The molecule has 11 heterocycles. The van der Waals surface area contributed by atoms with Gasteiger partial charge in [-0.3, -0.25) is 19.9 Å². The number of carbonyl (C=O) groups is 3. The number of azide groups is 1. The van der Waals surface area contributed by atoms with Crippen LogP contribution in [0.3, 0.4) is 0 Å². The van der Waals surface area contributed by atoms with E-state index in [9.17, 15) is 32.4 Å². The number of aryl methyl sites for hydroxylation is 4. The van der Waals surface area contributed by atoms with Crippen LogP contribution in [0.1, 0.15) is 158 Å². The molecule has 10 aromatic heterocycles. The van der Waals surface area contributed by atoms with Crippen LogP contribution in [-0.4, -0.2) is 217 Å². The molecule has 43 heteroatoms. The molecule has 0 radical (unpaired) electrons. The first-order chi connectivity index (χ1) is 61.1. The second kappa shape index (κ2) is 51.9. The van der Waals surface area contributed by atoms with Crippen LogP contribution < -0.4 is 94.7 Å². The third-order valence-electron chi connectivity index (χ3n) is 19.2. The molecule has 1 aliphatic heterocycles. The molecule has 1 saturated heterocycles. The molecule has 0 amide bonds. The molecule has 0 unspecified atom stereocenters. The zero-order chi connectivity index (χ0) is 91.6. The van der Waals surface area contributed by atoms with Gasteiger partial charge in [-0.2, -0.15) is 40.7 Å². The number of H-pyrrole nitrogens is 2. The van der Waals surface area contributed by atoms with Gasteiger partial charge in [0, 0.05) is 114 Å². The first-order valence-electron chi connectivity index (χ1n) is 40.8. The van der Waals surface area contributed by atoms with Crippen molar-refractivity contribution in [3.63, 3.8) is 0 Å². The Labute approximate surface area is 789 Å². The second-order valence-electron chi connectivity index (χ2n) is 29.8. The molecule has 5 fully saturated rings. The topological polar surface area (TPSA) is 469 Å². The van der Waals surface area contributed by atoms with Crippen LogP contribution >= 0.6 is 0 Å². The number of aliphatic hydroxyl groups excluding tert-OH is 1. The number of hydrogen-bond donors (Lipinski definition) is 3. The fourth-order valence-electron chi connectivity index (χ4n) is 12.2. The van der Waals surface area contributed by atoms with E-state index >= 15 is 0 Å². The fraction of sp³-hybridized carbons (Fsp3) is 0.453. The van der Waals surface area contributed by atoms with E-state index in [0.29, 0.717) is 137 Å². The molecule has 0 bridgehead atoms. The van der Waals surface area contributed by atoms with Crippen molar-refractivity contribution in [1.82, 2.24) is 90.6 Å². The molecular formula is C86H106BF3KN21O16Si. The Hall–Kier alpha value is -11.9. The molecule has 129 heavy (non-hydrogen) atoms. The van der Waals surface area contributed by atoms with Crippen molar-refractivity contribution in [3.8, 4) is 93.2 Å². The van der Waals surface area contributed by atoms with Crippen LogP contribution in [-0.2, 0) is 35.1 Å². The van der Waals surface area contributed by atoms with Gasteiger partial charge in [-0.25, -0.2) is 39.3 Å². The summed E-state index contributed by atoms with van der Waals surface area (Å²) in [5.41, 5.74) is 13.8. The molecule has 4 aliphatic carbocycles. The van der Waals surface area contributed by atoms with E-state index in [-0.39, 0.29) is 114 Å². The third-order valence-corrected chi connectivity index (χ3v) is 19.9. The maximum Gasteiger partial charge on any atom is 1.00 e. The number of hydrogen-bond acceptors (Lipinski definition) is 33. The Bertz CT molecular complexity index is 5390. The Balaban J connectivity index is 0.000000219. The number of halogens is 3. The summed E-state index contributed by atoms with van der Waals surface area (Å²) in [5, 5.41) is 30.4. The van der Waals surface area contributed by atoms with Gasteiger partial charge in [-0.05, 0) is 157 Å². The monoisotopic (exact) mass is 1820 g/mol. The van der Waals surface area contributed by atoms with Gasteiger partial charge >= 0.3 is 76.3 Å². The van der Waals surface area contributed by atoms with E-state index < -0.39 is 38.6 Å². The van der Waals surface area contributed by atoms with Crippen molar-refractivity contribution in [2.24, 2.45) is 28.5 Å². The van der Waals surface area contributed by atoms with Gasteiger partial charge in [0.1, 0.15) is 77.2 Å². The van der Waals surface area contributed by atoms with Crippen molar-refractivity contribution >= 4 is 38.6 Å². The average molecular weight is 1820 g/mol. The number of terminal acetylenes is 1. The maximum absolute atomic E-state index is 13.0. The Morgan fingerprint density at radius 3 is 1.27 bits per heavy atom. The predicted molar refractivity (Wildman–Crippen MR) is 465 cm³/mol. The van der Waals surface area contributed by atoms with E-state index in [1.54, 1.807) is 119 Å². The number of esters is 3. The zero-order valence-corrected chi connectivity index (χ0v) is 78.1. The largest absolute Gasteiger partial charge is 1.00 e. The van der Waals surface area contributed by atoms with Gasteiger partial charge in [-0.1, -0.05) is 27.1 Å². The van der Waals surface area contributed by atoms with Gasteiger partial charge in [0.05, 0.1) is 123 Å². The van der Waals surface area contributed by atoms with Crippen molar-refractivity contribution in [2.75, 3.05) is 87.9 Å². The van der Waals surface area contributed by atoms with Crippen LogP contribution in [0.5, 0.6) is 46.5 Å². The molecule has 0 spiro atoms. The molecule has 4 saturated carbocycles. The fourth-order valence-corrected chi connectivity index (χ4v) is 12.4. The SMILES string of the molecule is C.C#CC(=O)OCC.C1CCOC1.CCOC(=O)C#Cc1cnc(C)nc1OC[C@H]1C[C@@H]1c1ccc(OC)cn1.CCOC(=O)c1n[nH]nc1-c1cnc(C)nc1OC[C@H]1C[C@@H]1c1ccc(OC)cn1.COc1ccc([C@H]2C[C@@H]2COc2nc(C)ncc2-c2n[nH]nc2CO)nc1.COc1ccc([C@H]2C[C@@H]2COc2nc(C)ncc2[B-](F)(F)F)nc1.C[Si](C)(C)N=[N+]=[N-].[K+]. The minimum absolute atomic E-state index is 0. The summed E-state index contributed by atoms with van der Waals surface area (Å²) in [7, 11) is 4.98. The molecule has 15 rings (SSSR count). The summed E-state index contributed by atoms with van der Waals surface area (Å²) in [6, 6.07) is 15.4. The number of aromatic nitrogens is 18. The number of rotatable bonds is 29. The summed E-state index contributed by atoms with van der Waals surface area (Å²) >= 11 is 0.